The summed E-state index contributed by atoms with van der Waals surface area (Å²) in [5, 5.41) is 0.861. The lowest BCUT2D eigenvalue weighted by molar-refractivity contribution is 0.507. The third-order valence-corrected chi connectivity index (χ3v) is 5.33. The maximum absolute atomic E-state index is 13.4. The summed E-state index contributed by atoms with van der Waals surface area (Å²) in [4.78, 5) is 3.30. The van der Waals surface area contributed by atoms with E-state index in [1.165, 1.54) is 12.1 Å². The van der Waals surface area contributed by atoms with Gasteiger partial charge in [-0.3, -0.25) is 0 Å². The summed E-state index contributed by atoms with van der Waals surface area (Å²) in [6.07, 6.45) is 2.15. The molecule has 1 aromatic carbocycles. The largest absolute Gasteiger partial charge is 0.358 e. The second kappa shape index (κ2) is 4.86. The van der Waals surface area contributed by atoms with Gasteiger partial charge in [-0.05, 0) is 49.9 Å². The monoisotopic (exact) mass is 296 g/mol. The van der Waals surface area contributed by atoms with Gasteiger partial charge in [0.2, 0.25) is 10.0 Å². The molecular formula is C14H17FN2O2S. The van der Waals surface area contributed by atoms with E-state index in [9.17, 15) is 12.8 Å². The molecule has 4 nitrogen and oxygen atoms in total. The van der Waals surface area contributed by atoms with Crippen LogP contribution in [0, 0.1) is 5.82 Å². The number of hydrogen-bond acceptors (Lipinski definition) is 2. The molecule has 6 heteroatoms. The third-order valence-electron chi connectivity index (χ3n) is 3.88. The van der Waals surface area contributed by atoms with Gasteiger partial charge in [0.25, 0.3) is 0 Å². The van der Waals surface area contributed by atoms with Gasteiger partial charge >= 0.3 is 0 Å². The minimum Gasteiger partial charge on any atom is -0.358 e. The maximum Gasteiger partial charge on any atom is 0.211 e. The van der Waals surface area contributed by atoms with Crippen LogP contribution >= 0.6 is 0 Å². The van der Waals surface area contributed by atoms with E-state index < -0.39 is 10.0 Å². The fourth-order valence-electron chi connectivity index (χ4n) is 2.83. The van der Waals surface area contributed by atoms with Gasteiger partial charge in [-0.2, -0.15) is 0 Å². The first-order valence-corrected chi connectivity index (χ1v) is 8.42. The molecule has 0 fully saturated rings. The molecule has 2 N–H and O–H groups in total. The van der Waals surface area contributed by atoms with Gasteiger partial charge in [0.1, 0.15) is 5.82 Å². The first-order chi connectivity index (χ1) is 9.48. The van der Waals surface area contributed by atoms with Gasteiger partial charge in [-0.25, -0.2) is 17.5 Å². The van der Waals surface area contributed by atoms with Crippen molar-refractivity contribution in [2.45, 2.75) is 32.2 Å². The van der Waals surface area contributed by atoms with E-state index in [2.05, 4.69) is 9.71 Å². The maximum atomic E-state index is 13.4. The van der Waals surface area contributed by atoms with E-state index in [1.54, 1.807) is 13.0 Å². The molecule has 3 rings (SSSR count). The van der Waals surface area contributed by atoms with Gasteiger partial charge in [0, 0.05) is 22.6 Å². The van der Waals surface area contributed by atoms with Gasteiger partial charge in [0.05, 0.1) is 5.75 Å². The first kappa shape index (κ1) is 13.6. The highest BCUT2D eigenvalue weighted by atomic mass is 32.2. The van der Waals surface area contributed by atoms with Gasteiger partial charge in [0.15, 0.2) is 0 Å². The fourth-order valence-corrected chi connectivity index (χ4v) is 3.70. The minimum absolute atomic E-state index is 0.0822. The number of sulfonamides is 1. The lowest BCUT2D eigenvalue weighted by Crippen LogP contribution is -2.39. The Bertz CT molecular complexity index is 752. The normalized spacial score (nSPS) is 19.2. The van der Waals surface area contributed by atoms with Crippen molar-refractivity contribution in [1.82, 2.24) is 9.71 Å². The van der Waals surface area contributed by atoms with Crippen LogP contribution in [-0.4, -0.2) is 25.2 Å². The summed E-state index contributed by atoms with van der Waals surface area (Å²) in [6.45, 7) is 1.62. The van der Waals surface area contributed by atoms with Gasteiger partial charge in [-0.15, -0.1) is 0 Å². The van der Waals surface area contributed by atoms with Gasteiger partial charge < -0.3 is 4.98 Å². The van der Waals surface area contributed by atoms with Crippen molar-refractivity contribution in [3.63, 3.8) is 0 Å². The molecule has 1 atom stereocenters. The molecule has 108 valence electrons. The highest BCUT2D eigenvalue weighted by Gasteiger charge is 2.25. The molecule has 1 aliphatic carbocycles. The van der Waals surface area contributed by atoms with Crippen LogP contribution in [0.15, 0.2) is 18.2 Å². The Balaban J connectivity index is 1.94. The van der Waals surface area contributed by atoms with Gasteiger partial charge in [-0.1, -0.05) is 0 Å². The predicted octanol–water partition coefficient (Wildman–Crippen LogP) is 2.10. The summed E-state index contributed by atoms with van der Waals surface area (Å²) in [6, 6.07) is 4.58. The number of aryl methyl sites for hydroxylation is 1. The summed E-state index contributed by atoms with van der Waals surface area (Å²) < 4.78 is 39.4. The third kappa shape index (κ3) is 2.45. The molecule has 0 aliphatic heterocycles. The average molecular weight is 296 g/mol. The zero-order valence-electron chi connectivity index (χ0n) is 11.2. The SMILES string of the molecule is CCS(=O)(=O)NC1CCc2[nH]c3ccc(F)cc3c2C1. The Kier molecular flexibility index (Phi) is 3.30. The van der Waals surface area contributed by atoms with Crippen molar-refractivity contribution in [2.75, 3.05) is 5.75 Å². The van der Waals surface area contributed by atoms with E-state index in [-0.39, 0.29) is 17.6 Å². The molecule has 1 aliphatic rings. The number of nitrogens with one attached hydrogen (secondary N) is 2. The van der Waals surface area contributed by atoms with Crippen molar-refractivity contribution in [2.24, 2.45) is 0 Å². The molecule has 0 saturated carbocycles. The molecule has 0 amide bonds. The highest BCUT2D eigenvalue weighted by molar-refractivity contribution is 7.89. The number of rotatable bonds is 3. The number of aromatic nitrogens is 1. The Morgan fingerprint density at radius 2 is 2.25 bits per heavy atom. The van der Waals surface area contributed by atoms with E-state index in [4.69, 9.17) is 0 Å². The summed E-state index contributed by atoms with van der Waals surface area (Å²) >= 11 is 0. The first-order valence-electron chi connectivity index (χ1n) is 6.77. The Morgan fingerprint density at radius 3 is 3.00 bits per heavy atom. The molecule has 0 saturated heterocycles. The number of aromatic amines is 1. The molecule has 0 bridgehead atoms. The zero-order valence-corrected chi connectivity index (χ0v) is 12.1. The average Bonchev–Trinajstić information content (AvgIpc) is 2.76. The minimum atomic E-state index is -3.20. The molecular weight excluding hydrogens is 279 g/mol. The number of halogens is 1. The molecule has 2 aromatic rings. The number of benzene rings is 1. The topological polar surface area (TPSA) is 62.0 Å². The van der Waals surface area contributed by atoms with Crippen molar-refractivity contribution in [3.8, 4) is 0 Å². The predicted molar refractivity (Wildman–Crippen MR) is 76.7 cm³/mol. The lowest BCUT2D eigenvalue weighted by atomic mass is 9.92. The van der Waals surface area contributed by atoms with Crippen LogP contribution in [0.2, 0.25) is 0 Å². The Labute approximate surface area is 117 Å². The van der Waals surface area contributed by atoms with Crippen molar-refractivity contribution in [1.29, 1.82) is 0 Å². The molecule has 1 unspecified atom stereocenters. The summed E-state index contributed by atoms with van der Waals surface area (Å²) in [7, 11) is -3.20. The highest BCUT2D eigenvalue weighted by Crippen LogP contribution is 2.29. The van der Waals surface area contributed by atoms with Crippen molar-refractivity contribution in [3.05, 3.63) is 35.3 Å². The lowest BCUT2D eigenvalue weighted by Gasteiger charge is -2.23. The number of H-pyrrole nitrogens is 1. The Hall–Kier alpha value is -1.40. The van der Waals surface area contributed by atoms with Crippen LogP contribution in [0.3, 0.4) is 0 Å². The Morgan fingerprint density at radius 1 is 1.45 bits per heavy atom. The van der Waals surface area contributed by atoms with Crippen LogP contribution < -0.4 is 4.72 Å². The van der Waals surface area contributed by atoms with Crippen LogP contribution in [0.5, 0.6) is 0 Å². The summed E-state index contributed by atoms with van der Waals surface area (Å²) in [5.74, 6) is -0.186. The number of fused-ring (bicyclic) bond motifs is 3. The number of hydrogen-bond donors (Lipinski definition) is 2. The smallest absolute Gasteiger partial charge is 0.211 e. The van der Waals surface area contributed by atoms with Crippen LogP contribution in [0.4, 0.5) is 4.39 Å². The van der Waals surface area contributed by atoms with E-state index in [0.717, 1.165) is 35.0 Å². The summed E-state index contributed by atoms with van der Waals surface area (Å²) in [5.41, 5.74) is 3.04. The van der Waals surface area contributed by atoms with E-state index >= 15 is 0 Å². The molecule has 1 aromatic heterocycles. The van der Waals surface area contributed by atoms with Crippen LogP contribution in [-0.2, 0) is 22.9 Å². The second-order valence-corrected chi connectivity index (χ2v) is 7.28. The molecule has 1 heterocycles. The standard InChI is InChI=1S/C14H17FN2O2S/c1-2-20(18,19)17-10-4-6-14-12(8-10)11-7-9(15)3-5-13(11)16-14/h3,5,7,10,16-17H,2,4,6,8H2,1H3. The fraction of sp³-hybridized carbons (Fsp3) is 0.429. The molecule has 20 heavy (non-hydrogen) atoms. The van der Waals surface area contributed by atoms with Crippen LogP contribution in [0.1, 0.15) is 24.6 Å². The van der Waals surface area contributed by atoms with E-state index in [1.807, 2.05) is 0 Å². The van der Waals surface area contributed by atoms with Crippen molar-refractivity contribution < 1.29 is 12.8 Å². The zero-order chi connectivity index (χ0) is 14.3. The quantitative estimate of drug-likeness (QED) is 0.911. The van der Waals surface area contributed by atoms with Crippen LogP contribution in [0.25, 0.3) is 10.9 Å². The molecule has 0 radical (unpaired) electrons. The second-order valence-electron chi connectivity index (χ2n) is 5.23. The van der Waals surface area contributed by atoms with Crippen molar-refractivity contribution >= 4 is 20.9 Å². The molecule has 0 spiro atoms. The van der Waals surface area contributed by atoms with E-state index in [0.29, 0.717) is 6.42 Å².